The lowest BCUT2D eigenvalue weighted by Gasteiger charge is -2.34. The van der Waals surface area contributed by atoms with Crippen molar-refractivity contribution in [3.05, 3.63) is 70.1 Å². The zero-order valence-corrected chi connectivity index (χ0v) is 23.3. The summed E-state index contributed by atoms with van der Waals surface area (Å²) in [7, 11) is 0. The number of carbonyl (C=O) groups excluding carboxylic acids is 3. The van der Waals surface area contributed by atoms with Crippen LogP contribution in [0.4, 0.5) is 21.0 Å². The number of nitrogens with one attached hydrogen (secondary N) is 3. The molecule has 232 valence electrons. The number of rotatable bonds is 12. The minimum absolute atomic E-state index is 0.159. The molecule has 17 heteroatoms. The van der Waals surface area contributed by atoms with Gasteiger partial charge in [-0.2, -0.15) is 0 Å². The Labute approximate surface area is 250 Å². The predicted octanol–water partition coefficient (Wildman–Crippen LogP) is 2.23. The summed E-state index contributed by atoms with van der Waals surface area (Å²) in [4.78, 5) is 77.3. The molecule has 2 aromatic carbocycles. The van der Waals surface area contributed by atoms with Crippen LogP contribution in [0, 0.1) is 0 Å². The molecule has 44 heavy (non-hydrogen) atoms. The van der Waals surface area contributed by atoms with E-state index in [0.29, 0.717) is 48.7 Å². The second-order valence-corrected chi connectivity index (χ2v) is 9.68. The molecule has 0 spiro atoms. The Morgan fingerprint density at radius 1 is 0.818 bits per heavy atom. The Hall–Kier alpha value is -5.83. The fourth-order valence-corrected chi connectivity index (χ4v) is 4.26. The van der Waals surface area contributed by atoms with Gasteiger partial charge in [-0.05, 0) is 41.8 Å². The van der Waals surface area contributed by atoms with Crippen molar-refractivity contribution in [2.45, 2.75) is 31.3 Å². The van der Waals surface area contributed by atoms with Gasteiger partial charge in [0.1, 0.15) is 12.1 Å². The largest absolute Gasteiger partial charge is 0.481 e. The number of carbonyl (C=O) groups is 6. The maximum absolute atomic E-state index is 12.8. The third-order valence-corrected chi connectivity index (χ3v) is 6.63. The average Bonchev–Trinajstić information content (AvgIpc) is 2.99. The van der Waals surface area contributed by atoms with Gasteiger partial charge in [-0.15, -0.1) is 0 Å². The molecule has 1 fully saturated rings. The highest BCUT2D eigenvalue weighted by atomic mass is 16.4. The van der Waals surface area contributed by atoms with Crippen molar-refractivity contribution < 1.29 is 44.1 Å². The molecule has 5 amide bonds. The Morgan fingerprint density at radius 3 is 1.93 bits per heavy atom. The smallest absolute Gasteiger partial charge is 0.326 e. The average molecular weight is 611 g/mol. The molecule has 0 saturated carbocycles. The summed E-state index contributed by atoms with van der Waals surface area (Å²) in [6.07, 6.45) is -1.05. The van der Waals surface area contributed by atoms with E-state index in [1.54, 1.807) is 58.3 Å². The number of aliphatic carboxylic acids is 3. The van der Waals surface area contributed by atoms with Crippen molar-refractivity contribution in [2.24, 2.45) is 5.11 Å². The number of benzene rings is 2. The van der Waals surface area contributed by atoms with Crippen LogP contribution < -0.4 is 16.0 Å². The number of carboxylic acid groups (broad SMARTS) is 3. The number of carboxylic acids is 3. The second-order valence-electron chi connectivity index (χ2n) is 9.68. The Bertz CT molecular complexity index is 1430. The van der Waals surface area contributed by atoms with Gasteiger partial charge in [0.2, 0.25) is 0 Å². The number of urea groups is 2. The van der Waals surface area contributed by atoms with E-state index in [-0.39, 0.29) is 24.8 Å². The summed E-state index contributed by atoms with van der Waals surface area (Å²) in [5, 5.41) is 37.9. The third kappa shape index (κ3) is 9.63. The fourth-order valence-electron chi connectivity index (χ4n) is 4.26. The minimum atomic E-state index is -1.52. The Balaban J connectivity index is 1.49. The number of hydrogen-bond donors (Lipinski definition) is 6. The first-order valence-electron chi connectivity index (χ1n) is 13.3. The van der Waals surface area contributed by atoms with Crippen LogP contribution in [0.5, 0.6) is 0 Å². The molecular formula is C27H30N8O9. The van der Waals surface area contributed by atoms with Gasteiger partial charge >= 0.3 is 30.0 Å². The van der Waals surface area contributed by atoms with Gasteiger partial charge in [-0.25, -0.2) is 19.2 Å². The lowest BCUT2D eigenvalue weighted by molar-refractivity contribution is -0.140. The van der Waals surface area contributed by atoms with Gasteiger partial charge in [0.05, 0.1) is 0 Å². The summed E-state index contributed by atoms with van der Waals surface area (Å²) in [5.41, 5.74) is 10.2. The molecule has 17 nitrogen and oxygen atoms in total. The Kier molecular flexibility index (Phi) is 11.4. The van der Waals surface area contributed by atoms with Gasteiger partial charge in [-0.3, -0.25) is 9.59 Å². The zero-order valence-electron chi connectivity index (χ0n) is 23.3. The van der Waals surface area contributed by atoms with Gasteiger partial charge < -0.3 is 41.1 Å². The first-order valence-corrected chi connectivity index (χ1v) is 13.3. The van der Waals surface area contributed by atoms with Crippen molar-refractivity contribution in [3.8, 4) is 0 Å². The summed E-state index contributed by atoms with van der Waals surface area (Å²) >= 11 is 0. The van der Waals surface area contributed by atoms with Crippen LogP contribution in [0.2, 0.25) is 0 Å². The summed E-state index contributed by atoms with van der Waals surface area (Å²) < 4.78 is 0. The first-order chi connectivity index (χ1) is 21.0. The Morgan fingerprint density at radius 2 is 1.39 bits per heavy atom. The quantitative estimate of drug-likeness (QED) is 0.117. The molecule has 1 aliphatic heterocycles. The summed E-state index contributed by atoms with van der Waals surface area (Å²) in [5.74, 6) is -4.29. The molecule has 1 saturated heterocycles. The van der Waals surface area contributed by atoms with Crippen molar-refractivity contribution in [1.29, 1.82) is 0 Å². The molecule has 2 atom stereocenters. The normalized spacial score (nSPS) is 13.9. The highest BCUT2D eigenvalue weighted by Gasteiger charge is 2.26. The monoisotopic (exact) mass is 610 g/mol. The topological polar surface area (TPSA) is 254 Å². The van der Waals surface area contributed by atoms with Gasteiger partial charge in [0, 0.05) is 60.9 Å². The van der Waals surface area contributed by atoms with Crippen molar-refractivity contribution in [1.82, 2.24) is 20.4 Å². The number of piperazine rings is 1. The molecule has 3 rings (SSSR count). The molecule has 0 aromatic heterocycles. The number of nitrogens with zero attached hydrogens (tertiary/aromatic N) is 5. The second kappa shape index (κ2) is 15.4. The number of amides is 5. The molecular weight excluding hydrogens is 580 g/mol. The van der Waals surface area contributed by atoms with E-state index in [4.69, 9.17) is 10.6 Å². The molecule has 0 aliphatic carbocycles. The van der Waals surface area contributed by atoms with Crippen LogP contribution in [-0.4, -0.2) is 99.3 Å². The maximum Gasteiger partial charge on any atom is 0.326 e. The number of azide groups is 1. The van der Waals surface area contributed by atoms with Crippen LogP contribution >= 0.6 is 0 Å². The van der Waals surface area contributed by atoms with E-state index in [1.165, 1.54) is 0 Å². The molecule has 0 bridgehead atoms. The number of hydrogen-bond acceptors (Lipinski definition) is 7. The predicted molar refractivity (Wildman–Crippen MR) is 153 cm³/mol. The fraction of sp³-hybridized carbons (Fsp3) is 0.333. The van der Waals surface area contributed by atoms with E-state index < -0.39 is 42.4 Å². The van der Waals surface area contributed by atoms with Crippen molar-refractivity contribution in [3.63, 3.8) is 0 Å². The van der Waals surface area contributed by atoms with Crippen molar-refractivity contribution in [2.75, 3.05) is 31.5 Å². The van der Waals surface area contributed by atoms with E-state index in [9.17, 15) is 39.0 Å². The van der Waals surface area contributed by atoms with Crippen LogP contribution in [0.1, 0.15) is 28.8 Å². The summed E-state index contributed by atoms with van der Waals surface area (Å²) in [6, 6.07) is 8.03. The SMILES string of the molecule is [N-]=[N+]=Nc1ccc(C(=O)N2CCN(C(=O)Nc3ccc(C[C@H](NC(=O)N[C@@H](CCC(=O)O)C(=O)O)C(=O)O)cc3)CC2)cc1. The minimum Gasteiger partial charge on any atom is -0.481 e. The molecule has 1 heterocycles. The summed E-state index contributed by atoms with van der Waals surface area (Å²) in [6.45, 7) is 1.21. The maximum atomic E-state index is 12.8. The van der Waals surface area contributed by atoms with Gasteiger partial charge in [0.15, 0.2) is 0 Å². The van der Waals surface area contributed by atoms with Crippen LogP contribution in [-0.2, 0) is 20.8 Å². The van der Waals surface area contributed by atoms with E-state index >= 15 is 0 Å². The lowest BCUT2D eigenvalue weighted by Crippen LogP contribution is -2.51. The van der Waals surface area contributed by atoms with Gasteiger partial charge in [-0.1, -0.05) is 29.4 Å². The van der Waals surface area contributed by atoms with Crippen LogP contribution in [0.15, 0.2) is 53.6 Å². The molecule has 0 unspecified atom stereocenters. The van der Waals surface area contributed by atoms with Crippen LogP contribution in [0.25, 0.3) is 10.4 Å². The van der Waals surface area contributed by atoms with Crippen molar-refractivity contribution >= 4 is 47.3 Å². The standard InChI is InChI=1S/C27H30N8O9/c28-33-32-19-7-3-17(4-8-19)23(38)34-11-13-35(14-12-34)27(44)29-18-5-1-16(2-6-18)15-21(25(41)42)31-26(43)30-20(24(39)40)9-10-22(36)37/h1-8,20-21H,9-15H2,(H,29,44)(H,36,37)(H,39,40)(H,41,42)(H2,30,31,43)/t20-,21-/m0/s1. The zero-order chi connectivity index (χ0) is 32.2. The lowest BCUT2D eigenvalue weighted by atomic mass is 10.1. The molecule has 2 aromatic rings. The highest BCUT2D eigenvalue weighted by Crippen LogP contribution is 2.17. The van der Waals surface area contributed by atoms with E-state index in [0.717, 1.165) is 0 Å². The van der Waals surface area contributed by atoms with E-state index in [1.807, 2.05) is 0 Å². The molecule has 6 N–H and O–H groups in total. The highest BCUT2D eigenvalue weighted by molar-refractivity contribution is 5.95. The first kappa shape index (κ1) is 32.7. The number of anilines is 1. The van der Waals surface area contributed by atoms with E-state index in [2.05, 4.69) is 26.0 Å². The third-order valence-electron chi connectivity index (χ3n) is 6.63. The molecule has 1 aliphatic rings. The van der Waals surface area contributed by atoms with Crippen LogP contribution in [0.3, 0.4) is 0 Å². The van der Waals surface area contributed by atoms with Gasteiger partial charge in [0.25, 0.3) is 5.91 Å². The molecule has 0 radical (unpaired) electrons.